The number of imidazole rings is 1. The summed E-state index contributed by atoms with van der Waals surface area (Å²) in [6, 6.07) is 2.10. The van der Waals surface area contributed by atoms with Crippen molar-refractivity contribution >= 4 is 11.0 Å². The third kappa shape index (κ3) is 0.927. The molecule has 72 valence electrons. The first-order valence-electron chi connectivity index (χ1n) is 4.61. The summed E-state index contributed by atoms with van der Waals surface area (Å²) in [5.41, 5.74) is 1.71. The molecule has 0 aromatic carbocycles. The van der Waals surface area contributed by atoms with E-state index in [1.165, 1.54) is 0 Å². The molecule has 1 aliphatic rings. The van der Waals surface area contributed by atoms with Crippen LogP contribution in [0.25, 0.3) is 11.0 Å². The van der Waals surface area contributed by atoms with Crippen LogP contribution in [-0.4, -0.2) is 27.6 Å². The van der Waals surface area contributed by atoms with E-state index < -0.39 is 0 Å². The third-order valence-electron chi connectivity index (χ3n) is 2.65. The van der Waals surface area contributed by atoms with Crippen molar-refractivity contribution in [2.45, 2.75) is 6.04 Å². The minimum absolute atomic E-state index is 0.0421. The van der Waals surface area contributed by atoms with Crippen molar-refractivity contribution in [3.63, 3.8) is 0 Å². The Bertz CT molecular complexity index is 523. The van der Waals surface area contributed by atoms with Crippen molar-refractivity contribution in [3.8, 4) is 0 Å². The Morgan fingerprint density at radius 1 is 1.50 bits per heavy atom. The van der Waals surface area contributed by atoms with E-state index in [2.05, 4.69) is 15.3 Å². The van der Waals surface area contributed by atoms with Crippen LogP contribution in [0, 0.1) is 0 Å². The monoisotopic (exact) mass is 190 g/mol. The Labute approximate surface area is 79.8 Å². The zero-order valence-corrected chi connectivity index (χ0v) is 7.53. The maximum atomic E-state index is 11.6. The maximum Gasteiger partial charge on any atom is 0.326 e. The molecule has 2 aromatic rings. The van der Waals surface area contributed by atoms with Crippen molar-refractivity contribution in [1.82, 2.24) is 19.9 Å². The molecule has 2 aromatic heterocycles. The van der Waals surface area contributed by atoms with Gasteiger partial charge in [-0.2, -0.15) is 0 Å². The Kier molecular flexibility index (Phi) is 1.49. The van der Waals surface area contributed by atoms with E-state index in [0.717, 1.165) is 24.1 Å². The van der Waals surface area contributed by atoms with E-state index in [0.29, 0.717) is 0 Å². The fourth-order valence-corrected chi connectivity index (χ4v) is 1.79. The number of aromatic amines is 1. The fraction of sp³-hybridized carbons (Fsp3) is 0.333. The first-order valence-corrected chi connectivity index (χ1v) is 4.61. The lowest BCUT2D eigenvalue weighted by molar-refractivity contribution is 0.344. The Morgan fingerprint density at radius 3 is 3.07 bits per heavy atom. The molecular weight excluding hydrogens is 180 g/mol. The minimum atomic E-state index is -0.0421. The second kappa shape index (κ2) is 2.68. The summed E-state index contributed by atoms with van der Waals surface area (Å²) in [7, 11) is 0. The topological polar surface area (TPSA) is 62.7 Å². The molecule has 0 saturated carbocycles. The molecule has 0 spiro atoms. The Balaban J connectivity index is 2.29. The van der Waals surface area contributed by atoms with Gasteiger partial charge in [0.05, 0.1) is 23.3 Å². The van der Waals surface area contributed by atoms with Gasteiger partial charge in [0, 0.05) is 19.3 Å². The van der Waals surface area contributed by atoms with Gasteiger partial charge in [-0.05, 0) is 6.07 Å². The molecule has 5 heteroatoms. The number of hydrogen-bond donors (Lipinski definition) is 2. The van der Waals surface area contributed by atoms with E-state index in [-0.39, 0.29) is 11.7 Å². The number of hydrogen-bond acceptors (Lipinski definition) is 3. The number of H-pyrrole nitrogens is 1. The second-order valence-electron chi connectivity index (χ2n) is 3.51. The summed E-state index contributed by atoms with van der Waals surface area (Å²) in [6.45, 7) is 1.73. The summed E-state index contributed by atoms with van der Waals surface area (Å²) < 4.78 is 1.78. The first kappa shape index (κ1) is 7.75. The molecule has 0 radical (unpaired) electrons. The number of rotatable bonds is 1. The van der Waals surface area contributed by atoms with Crippen molar-refractivity contribution in [2.24, 2.45) is 0 Å². The van der Waals surface area contributed by atoms with Crippen LogP contribution in [-0.2, 0) is 0 Å². The molecule has 1 aliphatic heterocycles. The molecule has 0 amide bonds. The second-order valence-corrected chi connectivity index (χ2v) is 3.51. The first-order chi connectivity index (χ1) is 6.86. The summed E-state index contributed by atoms with van der Waals surface area (Å²) in [5, 5.41) is 3.15. The van der Waals surface area contributed by atoms with Crippen molar-refractivity contribution in [1.29, 1.82) is 0 Å². The van der Waals surface area contributed by atoms with E-state index in [1.54, 1.807) is 17.0 Å². The van der Waals surface area contributed by atoms with Crippen molar-refractivity contribution in [2.75, 3.05) is 13.1 Å². The van der Waals surface area contributed by atoms with Crippen LogP contribution >= 0.6 is 0 Å². The highest BCUT2D eigenvalue weighted by Gasteiger charge is 2.22. The molecule has 5 nitrogen and oxygen atoms in total. The van der Waals surface area contributed by atoms with Crippen LogP contribution in [0.4, 0.5) is 0 Å². The van der Waals surface area contributed by atoms with Crippen LogP contribution in [0.1, 0.15) is 6.04 Å². The standard InChI is InChI=1S/C9H10N4O/c14-9-12-7-1-2-10-5-8(7)13(9)6-3-11-4-6/h1-2,5-6,11H,3-4H2,(H,12,14). The van der Waals surface area contributed by atoms with Crippen LogP contribution in [0.15, 0.2) is 23.3 Å². The van der Waals surface area contributed by atoms with Gasteiger partial charge in [0.15, 0.2) is 0 Å². The van der Waals surface area contributed by atoms with Gasteiger partial charge in [0.1, 0.15) is 0 Å². The van der Waals surface area contributed by atoms with Crippen molar-refractivity contribution in [3.05, 3.63) is 28.9 Å². The Hall–Kier alpha value is -1.62. The smallest absolute Gasteiger partial charge is 0.313 e. The Morgan fingerprint density at radius 2 is 2.36 bits per heavy atom. The van der Waals surface area contributed by atoms with E-state index >= 15 is 0 Å². The predicted octanol–water partition coefficient (Wildman–Crippen LogP) is -0.131. The largest absolute Gasteiger partial charge is 0.326 e. The number of aromatic nitrogens is 3. The molecule has 0 bridgehead atoms. The lowest BCUT2D eigenvalue weighted by atomic mass is 10.2. The molecule has 14 heavy (non-hydrogen) atoms. The minimum Gasteiger partial charge on any atom is -0.313 e. The molecular formula is C9H10N4O. The van der Waals surface area contributed by atoms with Gasteiger partial charge in [-0.25, -0.2) is 4.79 Å². The molecule has 1 fully saturated rings. The number of nitrogens with one attached hydrogen (secondary N) is 2. The lowest BCUT2D eigenvalue weighted by Gasteiger charge is -2.27. The average Bonchev–Trinajstić information content (AvgIpc) is 2.41. The predicted molar refractivity (Wildman–Crippen MR) is 52.3 cm³/mol. The lowest BCUT2D eigenvalue weighted by Crippen LogP contribution is -2.46. The molecule has 0 aliphatic carbocycles. The quantitative estimate of drug-likeness (QED) is 0.658. The number of nitrogens with zero attached hydrogens (tertiary/aromatic N) is 2. The van der Waals surface area contributed by atoms with Gasteiger partial charge in [-0.15, -0.1) is 0 Å². The van der Waals surface area contributed by atoms with Crippen LogP contribution in [0.3, 0.4) is 0 Å². The van der Waals surface area contributed by atoms with Gasteiger partial charge in [0.25, 0.3) is 0 Å². The summed E-state index contributed by atoms with van der Waals surface area (Å²) in [5.74, 6) is 0. The highest BCUT2D eigenvalue weighted by molar-refractivity contribution is 5.73. The summed E-state index contributed by atoms with van der Waals surface area (Å²) in [6.07, 6.45) is 3.41. The molecule has 1 saturated heterocycles. The molecule has 3 rings (SSSR count). The van der Waals surface area contributed by atoms with Crippen LogP contribution in [0.2, 0.25) is 0 Å². The van der Waals surface area contributed by atoms with Crippen LogP contribution < -0.4 is 11.0 Å². The fourth-order valence-electron chi connectivity index (χ4n) is 1.79. The van der Waals surface area contributed by atoms with Gasteiger partial charge in [0.2, 0.25) is 0 Å². The zero-order valence-electron chi connectivity index (χ0n) is 7.53. The zero-order chi connectivity index (χ0) is 9.54. The summed E-state index contributed by atoms with van der Waals surface area (Å²) in [4.78, 5) is 18.5. The third-order valence-corrected chi connectivity index (χ3v) is 2.65. The molecule has 0 unspecified atom stereocenters. The highest BCUT2D eigenvalue weighted by atomic mass is 16.1. The van der Waals surface area contributed by atoms with E-state index in [4.69, 9.17) is 0 Å². The normalized spacial score (nSPS) is 17.1. The van der Waals surface area contributed by atoms with Gasteiger partial charge >= 0.3 is 5.69 Å². The van der Waals surface area contributed by atoms with Gasteiger partial charge in [-0.3, -0.25) is 9.55 Å². The molecule has 2 N–H and O–H groups in total. The van der Waals surface area contributed by atoms with E-state index in [9.17, 15) is 4.79 Å². The maximum absolute atomic E-state index is 11.6. The highest BCUT2D eigenvalue weighted by Crippen LogP contribution is 2.15. The van der Waals surface area contributed by atoms with Crippen molar-refractivity contribution < 1.29 is 0 Å². The van der Waals surface area contributed by atoms with Crippen LogP contribution in [0.5, 0.6) is 0 Å². The number of pyridine rings is 1. The summed E-state index contributed by atoms with van der Waals surface area (Å²) >= 11 is 0. The van der Waals surface area contributed by atoms with Gasteiger partial charge < -0.3 is 10.3 Å². The molecule has 3 heterocycles. The number of fused-ring (bicyclic) bond motifs is 1. The van der Waals surface area contributed by atoms with E-state index in [1.807, 2.05) is 6.07 Å². The average molecular weight is 190 g/mol. The van der Waals surface area contributed by atoms with Gasteiger partial charge in [-0.1, -0.05) is 0 Å². The molecule has 0 atom stereocenters. The SMILES string of the molecule is O=c1[nH]c2ccncc2n1C1CNC1.